The Balaban J connectivity index is 1.62. The van der Waals surface area contributed by atoms with Gasteiger partial charge in [-0.3, -0.25) is 15.0 Å². The molecule has 0 aromatic heterocycles. The van der Waals surface area contributed by atoms with Crippen LogP contribution in [0.15, 0.2) is 66.7 Å². The van der Waals surface area contributed by atoms with Crippen molar-refractivity contribution in [1.29, 1.82) is 0 Å². The number of carbonyl (C=O) groups is 2. The summed E-state index contributed by atoms with van der Waals surface area (Å²) in [4.78, 5) is 25.2. The van der Waals surface area contributed by atoms with Crippen LogP contribution in [-0.2, 0) is 4.79 Å². The minimum atomic E-state index is -0.790. The number of carbonyl (C=O) groups excluding carboxylic acids is 2. The number of nitrogens with zero attached hydrogens (tertiary/aromatic N) is 1. The predicted molar refractivity (Wildman–Crippen MR) is 109 cm³/mol. The zero-order valence-electron chi connectivity index (χ0n) is 15.5. The van der Waals surface area contributed by atoms with Crippen LogP contribution in [0.25, 0.3) is 11.1 Å². The Bertz CT molecular complexity index is 1120. The summed E-state index contributed by atoms with van der Waals surface area (Å²) >= 11 is 1.37. The fourth-order valence-corrected chi connectivity index (χ4v) is 4.30. The number of hydrogen-bond donors (Lipinski definition) is 2. The first-order valence-electron chi connectivity index (χ1n) is 9.02. The zero-order chi connectivity index (χ0) is 21.3. The van der Waals surface area contributed by atoms with Crippen LogP contribution < -0.4 is 5.43 Å². The molecule has 152 valence electrons. The molecular weight excluding hydrogens is 410 g/mol. The largest absolute Gasteiger partial charge is 0.507 e. The summed E-state index contributed by atoms with van der Waals surface area (Å²) in [6, 6.07) is 16.3. The number of phenolic OH excluding ortho intramolecular Hbond substituents is 1. The van der Waals surface area contributed by atoms with Crippen molar-refractivity contribution in [2.24, 2.45) is 0 Å². The van der Waals surface area contributed by atoms with E-state index >= 15 is 0 Å². The first-order chi connectivity index (χ1) is 14.4. The molecular formula is C22H16F2N2O3S. The number of amides is 2. The molecule has 1 aliphatic rings. The summed E-state index contributed by atoms with van der Waals surface area (Å²) in [6.45, 7) is 0. The highest BCUT2D eigenvalue weighted by molar-refractivity contribution is 8.00. The molecule has 1 fully saturated rings. The second-order valence-electron chi connectivity index (χ2n) is 6.63. The fraction of sp³-hybridized carbons (Fsp3) is 0.0909. The number of halogens is 2. The molecule has 2 N–H and O–H groups in total. The highest BCUT2D eigenvalue weighted by Gasteiger charge is 2.34. The number of hydrazine groups is 1. The van der Waals surface area contributed by atoms with Crippen molar-refractivity contribution in [2.45, 2.75) is 5.37 Å². The van der Waals surface area contributed by atoms with E-state index < -0.39 is 22.9 Å². The average molecular weight is 426 g/mol. The maximum Gasteiger partial charge on any atom is 0.273 e. The SMILES string of the molecule is O=C(NN1C(=O)CSC1c1ccccc1)c1cc(-c2ccc(F)cc2F)ccc1O. The van der Waals surface area contributed by atoms with Gasteiger partial charge in [-0.05, 0) is 35.4 Å². The van der Waals surface area contributed by atoms with Crippen molar-refractivity contribution >= 4 is 23.6 Å². The van der Waals surface area contributed by atoms with Crippen molar-refractivity contribution in [3.63, 3.8) is 0 Å². The number of hydrogen-bond acceptors (Lipinski definition) is 4. The second-order valence-corrected chi connectivity index (χ2v) is 7.70. The van der Waals surface area contributed by atoms with Gasteiger partial charge in [-0.1, -0.05) is 36.4 Å². The Kier molecular flexibility index (Phi) is 5.41. The smallest absolute Gasteiger partial charge is 0.273 e. The number of nitrogens with one attached hydrogen (secondary N) is 1. The monoisotopic (exact) mass is 426 g/mol. The average Bonchev–Trinajstić information content (AvgIpc) is 3.09. The molecule has 5 nitrogen and oxygen atoms in total. The van der Waals surface area contributed by atoms with E-state index in [4.69, 9.17) is 0 Å². The van der Waals surface area contributed by atoms with Crippen LogP contribution in [0.5, 0.6) is 5.75 Å². The normalized spacial score (nSPS) is 16.0. The molecule has 2 amide bonds. The third kappa shape index (κ3) is 3.86. The van der Waals surface area contributed by atoms with E-state index in [-0.39, 0.29) is 34.1 Å². The summed E-state index contributed by atoms with van der Waals surface area (Å²) in [5.74, 6) is -2.62. The highest BCUT2D eigenvalue weighted by Crippen LogP contribution is 2.37. The molecule has 4 rings (SSSR count). The van der Waals surface area contributed by atoms with Crippen molar-refractivity contribution < 1.29 is 23.5 Å². The van der Waals surface area contributed by atoms with Gasteiger partial charge in [0.15, 0.2) is 0 Å². The van der Waals surface area contributed by atoms with Crippen molar-refractivity contribution in [2.75, 3.05) is 5.75 Å². The standard InChI is InChI=1S/C22H16F2N2O3S/c23-15-7-8-16(18(24)11-15)14-6-9-19(27)17(10-14)21(29)25-26-20(28)12-30-22(26)13-4-2-1-3-5-13/h1-11,22,27H,12H2,(H,25,29). The lowest BCUT2D eigenvalue weighted by Crippen LogP contribution is -2.44. The summed E-state index contributed by atoms with van der Waals surface area (Å²) in [5, 5.41) is 11.0. The lowest BCUT2D eigenvalue weighted by atomic mass is 10.0. The van der Waals surface area contributed by atoms with Gasteiger partial charge in [-0.2, -0.15) is 0 Å². The topological polar surface area (TPSA) is 69.6 Å². The van der Waals surface area contributed by atoms with Gasteiger partial charge in [0.1, 0.15) is 22.8 Å². The van der Waals surface area contributed by atoms with Crippen LogP contribution in [-0.4, -0.2) is 27.7 Å². The summed E-state index contributed by atoms with van der Waals surface area (Å²) in [7, 11) is 0. The molecule has 30 heavy (non-hydrogen) atoms. The first-order valence-corrected chi connectivity index (χ1v) is 10.1. The Hall–Kier alpha value is -3.39. The minimum Gasteiger partial charge on any atom is -0.507 e. The third-order valence-electron chi connectivity index (χ3n) is 4.66. The van der Waals surface area contributed by atoms with E-state index in [1.807, 2.05) is 30.3 Å². The van der Waals surface area contributed by atoms with Crippen molar-refractivity contribution in [1.82, 2.24) is 10.4 Å². The lowest BCUT2D eigenvalue weighted by molar-refractivity contribution is -0.130. The van der Waals surface area contributed by atoms with Gasteiger partial charge < -0.3 is 5.11 Å². The van der Waals surface area contributed by atoms with E-state index in [1.165, 1.54) is 41.0 Å². The van der Waals surface area contributed by atoms with Crippen molar-refractivity contribution in [3.8, 4) is 16.9 Å². The molecule has 0 saturated carbocycles. The molecule has 0 aliphatic carbocycles. The molecule has 1 heterocycles. The van der Waals surface area contributed by atoms with Gasteiger partial charge in [-0.15, -0.1) is 11.8 Å². The van der Waals surface area contributed by atoms with Gasteiger partial charge >= 0.3 is 0 Å². The number of phenols is 1. The fourth-order valence-electron chi connectivity index (χ4n) is 3.19. The lowest BCUT2D eigenvalue weighted by Gasteiger charge is -2.24. The van der Waals surface area contributed by atoms with Gasteiger partial charge in [-0.25, -0.2) is 13.8 Å². The van der Waals surface area contributed by atoms with Gasteiger partial charge in [0, 0.05) is 11.6 Å². The highest BCUT2D eigenvalue weighted by atomic mass is 32.2. The van der Waals surface area contributed by atoms with Gasteiger partial charge in [0.05, 0.1) is 11.3 Å². The molecule has 3 aromatic carbocycles. The molecule has 1 unspecified atom stereocenters. The van der Waals surface area contributed by atoms with Crippen LogP contribution in [0, 0.1) is 11.6 Å². The molecule has 0 radical (unpaired) electrons. The van der Waals surface area contributed by atoms with Crippen LogP contribution in [0.3, 0.4) is 0 Å². The Morgan fingerprint density at radius 3 is 2.57 bits per heavy atom. The summed E-state index contributed by atoms with van der Waals surface area (Å²) in [6.07, 6.45) is 0. The van der Waals surface area contributed by atoms with Crippen LogP contribution >= 0.6 is 11.8 Å². The molecule has 8 heteroatoms. The molecule has 1 aliphatic heterocycles. The number of rotatable bonds is 4. The van der Waals surface area contributed by atoms with Crippen LogP contribution in [0.2, 0.25) is 0 Å². The second kappa shape index (κ2) is 8.16. The molecule has 1 saturated heterocycles. The summed E-state index contributed by atoms with van der Waals surface area (Å²) < 4.78 is 27.3. The minimum absolute atomic E-state index is 0.0837. The van der Waals surface area contributed by atoms with E-state index in [1.54, 1.807) is 0 Å². The zero-order valence-corrected chi connectivity index (χ0v) is 16.3. The van der Waals surface area contributed by atoms with Crippen molar-refractivity contribution in [3.05, 3.63) is 89.5 Å². The molecule has 0 bridgehead atoms. The molecule has 3 aromatic rings. The Morgan fingerprint density at radius 2 is 1.83 bits per heavy atom. The Labute approximate surface area is 175 Å². The van der Waals surface area contributed by atoms with Gasteiger partial charge in [0.25, 0.3) is 11.8 Å². The summed E-state index contributed by atoms with van der Waals surface area (Å²) in [5.41, 5.74) is 3.64. The van der Waals surface area contributed by atoms with E-state index in [0.717, 1.165) is 17.7 Å². The first kappa shape index (κ1) is 19.9. The number of thioether (sulfide) groups is 1. The Morgan fingerprint density at radius 1 is 1.07 bits per heavy atom. The molecule has 1 atom stereocenters. The number of benzene rings is 3. The van der Waals surface area contributed by atoms with Crippen LogP contribution in [0.1, 0.15) is 21.3 Å². The van der Waals surface area contributed by atoms with E-state index in [2.05, 4.69) is 5.43 Å². The third-order valence-corrected chi connectivity index (χ3v) is 5.87. The maximum atomic E-state index is 14.1. The quantitative estimate of drug-likeness (QED) is 0.654. The molecule has 0 spiro atoms. The van der Waals surface area contributed by atoms with Crippen LogP contribution in [0.4, 0.5) is 8.78 Å². The predicted octanol–water partition coefficient (Wildman–Crippen LogP) is 4.26. The van der Waals surface area contributed by atoms with E-state index in [0.29, 0.717) is 0 Å². The van der Waals surface area contributed by atoms with Gasteiger partial charge in [0.2, 0.25) is 0 Å². The maximum absolute atomic E-state index is 14.1. The van der Waals surface area contributed by atoms with E-state index in [9.17, 15) is 23.5 Å². The number of aromatic hydroxyl groups is 1.